The highest BCUT2D eigenvalue weighted by molar-refractivity contribution is 5.84. The first-order chi connectivity index (χ1) is 15.7. The molecule has 1 aliphatic rings. The van der Waals surface area contributed by atoms with Gasteiger partial charge < -0.3 is 19.8 Å². The van der Waals surface area contributed by atoms with Crippen LogP contribution in [-0.4, -0.2) is 38.2 Å². The van der Waals surface area contributed by atoms with Crippen LogP contribution in [0.2, 0.25) is 0 Å². The summed E-state index contributed by atoms with van der Waals surface area (Å²) in [5, 5.41) is 2.18. The second kappa shape index (κ2) is 8.59. The molecule has 3 aromatic heterocycles. The fourth-order valence-corrected chi connectivity index (χ4v) is 4.58. The van der Waals surface area contributed by atoms with Crippen LogP contribution in [0, 0.1) is 0 Å². The Morgan fingerprint density at radius 2 is 2.09 bits per heavy atom. The standard InChI is InChI=1S/C25H28N6O/c1-2-3-14-31-23-21(28-25(31)30-13-6-8-19(26)16-30)11-15-29(24(23)32)17-22-20-9-5-4-7-18(20)10-12-27-22/h2-5,7,9-12,15,19H,6,8,13-14,16-17,26H2,1H3. The number of nitrogens with two attached hydrogens (primary N) is 1. The number of piperidine rings is 1. The van der Waals surface area contributed by atoms with Crippen molar-refractivity contribution in [3.05, 3.63) is 77.0 Å². The van der Waals surface area contributed by atoms with E-state index in [1.807, 2.05) is 48.0 Å². The zero-order chi connectivity index (χ0) is 22.1. The third kappa shape index (κ3) is 3.69. The Kier molecular flexibility index (Phi) is 5.49. The number of fused-ring (bicyclic) bond motifs is 2. The Labute approximate surface area is 186 Å². The largest absolute Gasteiger partial charge is 0.341 e. The summed E-state index contributed by atoms with van der Waals surface area (Å²) in [4.78, 5) is 25.3. The molecular weight excluding hydrogens is 400 g/mol. The van der Waals surface area contributed by atoms with Gasteiger partial charge in [-0.1, -0.05) is 36.4 Å². The van der Waals surface area contributed by atoms with E-state index in [1.54, 1.807) is 10.8 Å². The van der Waals surface area contributed by atoms with Crippen molar-refractivity contribution >= 4 is 27.8 Å². The maximum atomic E-state index is 13.6. The minimum atomic E-state index is -0.0539. The van der Waals surface area contributed by atoms with Crippen molar-refractivity contribution in [3.63, 3.8) is 0 Å². The molecule has 0 spiro atoms. The molecule has 1 saturated heterocycles. The van der Waals surface area contributed by atoms with Crippen LogP contribution < -0.4 is 16.2 Å². The first-order valence-corrected chi connectivity index (χ1v) is 11.2. The molecule has 5 rings (SSSR count). The van der Waals surface area contributed by atoms with Crippen molar-refractivity contribution < 1.29 is 0 Å². The van der Waals surface area contributed by atoms with E-state index >= 15 is 0 Å². The number of benzene rings is 1. The van der Waals surface area contributed by atoms with E-state index in [2.05, 4.69) is 28.1 Å². The van der Waals surface area contributed by atoms with E-state index in [9.17, 15) is 4.79 Å². The van der Waals surface area contributed by atoms with Crippen molar-refractivity contribution in [2.75, 3.05) is 18.0 Å². The molecule has 0 radical (unpaired) electrons. The molecule has 32 heavy (non-hydrogen) atoms. The predicted octanol–water partition coefficient (Wildman–Crippen LogP) is 3.30. The fraction of sp³-hybridized carbons (Fsp3) is 0.320. The normalized spacial score (nSPS) is 17.1. The van der Waals surface area contributed by atoms with Gasteiger partial charge >= 0.3 is 0 Å². The van der Waals surface area contributed by atoms with Gasteiger partial charge in [0, 0.05) is 43.5 Å². The summed E-state index contributed by atoms with van der Waals surface area (Å²) in [5.41, 5.74) is 8.40. The third-order valence-electron chi connectivity index (χ3n) is 6.19. The number of allylic oxidation sites excluding steroid dienone is 2. The van der Waals surface area contributed by atoms with E-state index in [-0.39, 0.29) is 11.6 Å². The number of hydrogen-bond acceptors (Lipinski definition) is 5. The molecule has 1 aliphatic heterocycles. The summed E-state index contributed by atoms with van der Waals surface area (Å²) >= 11 is 0. The maximum absolute atomic E-state index is 13.6. The number of anilines is 1. The second-order valence-electron chi connectivity index (χ2n) is 8.40. The minimum Gasteiger partial charge on any atom is -0.341 e. The van der Waals surface area contributed by atoms with Crippen LogP contribution in [0.4, 0.5) is 5.95 Å². The highest BCUT2D eigenvalue weighted by Gasteiger charge is 2.24. The van der Waals surface area contributed by atoms with Gasteiger partial charge in [0.2, 0.25) is 5.95 Å². The van der Waals surface area contributed by atoms with Gasteiger partial charge in [-0.15, -0.1) is 0 Å². The molecular formula is C25H28N6O. The van der Waals surface area contributed by atoms with Crippen molar-refractivity contribution in [2.45, 2.75) is 38.9 Å². The predicted molar refractivity (Wildman–Crippen MR) is 129 cm³/mol. The Balaban J connectivity index is 1.61. The molecule has 4 heterocycles. The van der Waals surface area contributed by atoms with Crippen LogP contribution in [-0.2, 0) is 13.1 Å². The lowest BCUT2D eigenvalue weighted by Crippen LogP contribution is -2.44. The Morgan fingerprint density at radius 1 is 1.22 bits per heavy atom. The molecule has 1 unspecified atom stereocenters. The molecule has 164 valence electrons. The Morgan fingerprint density at radius 3 is 2.94 bits per heavy atom. The topological polar surface area (TPSA) is 82.0 Å². The van der Waals surface area contributed by atoms with Crippen LogP contribution >= 0.6 is 0 Å². The van der Waals surface area contributed by atoms with Crippen LogP contribution in [0.25, 0.3) is 21.8 Å². The number of hydrogen-bond donors (Lipinski definition) is 1. The molecule has 0 saturated carbocycles. The summed E-state index contributed by atoms with van der Waals surface area (Å²) in [6.07, 6.45) is 9.74. The molecule has 1 atom stereocenters. The van der Waals surface area contributed by atoms with Gasteiger partial charge in [-0.2, -0.15) is 0 Å². The number of aromatic nitrogens is 4. The summed E-state index contributed by atoms with van der Waals surface area (Å²) in [6.45, 7) is 4.66. The van der Waals surface area contributed by atoms with Crippen molar-refractivity contribution in [2.24, 2.45) is 5.73 Å². The molecule has 7 heteroatoms. The maximum Gasteiger partial charge on any atom is 0.277 e. The van der Waals surface area contributed by atoms with Gasteiger partial charge in [0.15, 0.2) is 0 Å². The third-order valence-corrected chi connectivity index (χ3v) is 6.19. The number of nitrogens with zero attached hydrogens (tertiary/aromatic N) is 5. The van der Waals surface area contributed by atoms with Crippen LogP contribution in [0.1, 0.15) is 25.5 Å². The van der Waals surface area contributed by atoms with Gasteiger partial charge in [0.25, 0.3) is 5.56 Å². The van der Waals surface area contributed by atoms with E-state index < -0.39 is 0 Å². The zero-order valence-electron chi connectivity index (χ0n) is 18.3. The summed E-state index contributed by atoms with van der Waals surface area (Å²) < 4.78 is 3.76. The lowest BCUT2D eigenvalue weighted by molar-refractivity contribution is 0.495. The van der Waals surface area contributed by atoms with E-state index in [4.69, 9.17) is 10.7 Å². The van der Waals surface area contributed by atoms with Gasteiger partial charge in [-0.05, 0) is 37.3 Å². The molecule has 7 nitrogen and oxygen atoms in total. The molecule has 0 amide bonds. The average molecular weight is 429 g/mol. The molecule has 1 fully saturated rings. The Hall–Kier alpha value is -3.45. The van der Waals surface area contributed by atoms with E-state index in [0.717, 1.165) is 53.9 Å². The first kappa shape index (κ1) is 20.5. The first-order valence-electron chi connectivity index (χ1n) is 11.2. The van der Waals surface area contributed by atoms with Gasteiger partial charge in [-0.3, -0.25) is 9.78 Å². The smallest absolute Gasteiger partial charge is 0.277 e. The summed E-state index contributed by atoms with van der Waals surface area (Å²) in [5.74, 6) is 0.825. The fourth-order valence-electron chi connectivity index (χ4n) is 4.58. The monoisotopic (exact) mass is 428 g/mol. The SMILES string of the molecule is CC=CCn1c(N2CCCC(N)C2)nc2ccn(Cc3nccc4ccccc34)c(=O)c21. The van der Waals surface area contributed by atoms with Crippen LogP contribution in [0.3, 0.4) is 0 Å². The highest BCUT2D eigenvalue weighted by atomic mass is 16.1. The number of rotatable bonds is 5. The lowest BCUT2D eigenvalue weighted by atomic mass is 10.1. The van der Waals surface area contributed by atoms with Gasteiger partial charge in [-0.25, -0.2) is 4.98 Å². The van der Waals surface area contributed by atoms with Gasteiger partial charge in [0.1, 0.15) is 5.52 Å². The lowest BCUT2D eigenvalue weighted by Gasteiger charge is -2.31. The van der Waals surface area contributed by atoms with Crippen LogP contribution in [0.15, 0.2) is 65.7 Å². The second-order valence-corrected chi connectivity index (χ2v) is 8.40. The Bertz CT molecular complexity index is 1350. The number of pyridine rings is 2. The van der Waals surface area contributed by atoms with E-state index in [1.165, 1.54) is 0 Å². The average Bonchev–Trinajstić information content (AvgIpc) is 3.19. The van der Waals surface area contributed by atoms with E-state index in [0.29, 0.717) is 18.6 Å². The van der Waals surface area contributed by atoms with Crippen LogP contribution in [0.5, 0.6) is 0 Å². The molecule has 2 N–H and O–H groups in total. The van der Waals surface area contributed by atoms with Crippen molar-refractivity contribution in [3.8, 4) is 0 Å². The van der Waals surface area contributed by atoms with Crippen molar-refractivity contribution in [1.82, 2.24) is 19.1 Å². The molecule has 4 aromatic rings. The molecule has 1 aromatic carbocycles. The zero-order valence-corrected chi connectivity index (χ0v) is 18.3. The highest BCUT2D eigenvalue weighted by Crippen LogP contribution is 2.24. The minimum absolute atomic E-state index is 0.0539. The van der Waals surface area contributed by atoms with Crippen molar-refractivity contribution in [1.29, 1.82) is 0 Å². The summed E-state index contributed by atoms with van der Waals surface area (Å²) in [6, 6.07) is 12.2. The molecule has 0 aliphatic carbocycles. The quantitative estimate of drug-likeness (QED) is 0.493. The number of imidazole rings is 1. The van der Waals surface area contributed by atoms with Gasteiger partial charge in [0.05, 0.1) is 17.8 Å². The summed E-state index contributed by atoms with van der Waals surface area (Å²) in [7, 11) is 0. The molecule has 0 bridgehead atoms.